The molecule has 2 aliphatic carbocycles. The molecule has 0 spiro atoms. The highest BCUT2D eigenvalue weighted by Gasteiger charge is 2.50. The van der Waals surface area contributed by atoms with Gasteiger partial charge in [0.2, 0.25) is 5.78 Å². The lowest BCUT2D eigenvalue weighted by molar-refractivity contribution is -0.250. The molecule has 0 amide bonds. The van der Waals surface area contributed by atoms with E-state index in [1.807, 2.05) is 30.3 Å². The molecule has 1 heterocycles. The molecule has 0 saturated carbocycles. The second-order valence-electron chi connectivity index (χ2n) is 12.0. The van der Waals surface area contributed by atoms with Crippen LogP contribution in [-0.2, 0) is 27.2 Å². The maximum absolute atomic E-state index is 13.8. The Morgan fingerprint density at radius 2 is 1.74 bits per heavy atom. The Hall–Kier alpha value is -4.17. The van der Waals surface area contributed by atoms with Gasteiger partial charge in [-0.2, -0.15) is 0 Å². The third-order valence-electron chi connectivity index (χ3n) is 9.17. The van der Waals surface area contributed by atoms with Gasteiger partial charge in [-0.3, -0.25) is 14.4 Å². The van der Waals surface area contributed by atoms with Gasteiger partial charge >= 0.3 is 0 Å². The van der Waals surface area contributed by atoms with E-state index in [-0.39, 0.29) is 34.4 Å². The first-order chi connectivity index (χ1) is 22.0. The number of hydrogen-bond donors (Lipinski definition) is 6. The first-order valence-corrected chi connectivity index (χ1v) is 15.0. The molecule has 6 atom stereocenters. The minimum absolute atomic E-state index is 0.0472. The van der Waals surface area contributed by atoms with E-state index in [1.165, 1.54) is 25.3 Å². The monoisotopic (exact) mass is 633 g/mol. The number of rotatable bonds is 8. The Kier molecular flexibility index (Phi) is 8.44. The predicted molar refractivity (Wildman–Crippen MR) is 161 cm³/mol. The van der Waals surface area contributed by atoms with Gasteiger partial charge in [0, 0.05) is 48.5 Å². The largest absolute Gasteiger partial charge is 0.507 e. The van der Waals surface area contributed by atoms with E-state index in [1.54, 1.807) is 6.92 Å². The summed E-state index contributed by atoms with van der Waals surface area (Å²) in [5, 5.41) is 58.5. The number of carbonyl (C=O) groups is 3. The average Bonchev–Trinajstić information content (AvgIpc) is 3.05. The van der Waals surface area contributed by atoms with E-state index in [4.69, 9.17) is 14.2 Å². The summed E-state index contributed by atoms with van der Waals surface area (Å²) < 4.78 is 17.5. The van der Waals surface area contributed by atoms with Gasteiger partial charge in [0.15, 0.2) is 17.9 Å². The van der Waals surface area contributed by atoms with E-state index in [0.29, 0.717) is 6.54 Å². The van der Waals surface area contributed by atoms with Crippen LogP contribution in [0, 0.1) is 0 Å². The third-order valence-corrected chi connectivity index (χ3v) is 9.17. The molecule has 242 valence electrons. The fourth-order valence-electron chi connectivity index (χ4n) is 6.76. The number of nitrogens with one attached hydrogen (secondary N) is 1. The van der Waals surface area contributed by atoms with Gasteiger partial charge in [0.05, 0.1) is 42.1 Å². The lowest BCUT2D eigenvalue weighted by Gasteiger charge is -2.43. The number of ketones is 3. The second kappa shape index (κ2) is 12.2. The van der Waals surface area contributed by atoms with Gasteiger partial charge in [-0.05, 0) is 18.6 Å². The number of hydrogen-bond acceptors (Lipinski definition) is 12. The zero-order valence-electron chi connectivity index (χ0n) is 25.2. The number of phenolic OH excluding ortho intramolecular Hbond substituents is 2. The first-order valence-electron chi connectivity index (χ1n) is 15.0. The number of carbonyl (C=O) groups excluding carboxylic acids is 3. The number of ether oxygens (including phenoxy) is 3. The van der Waals surface area contributed by atoms with Crippen molar-refractivity contribution in [3.8, 4) is 17.2 Å². The van der Waals surface area contributed by atoms with Crippen molar-refractivity contribution in [2.45, 2.75) is 69.0 Å². The normalized spacial score (nSPS) is 27.0. The van der Waals surface area contributed by atoms with Crippen molar-refractivity contribution in [2.75, 3.05) is 13.7 Å². The highest BCUT2D eigenvalue weighted by atomic mass is 16.7. The van der Waals surface area contributed by atoms with Crippen LogP contribution in [0.3, 0.4) is 0 Å². The summed E-state index contributed by atoms with van der Waals surface area (Å²) in [5.74, 6) is -3.72. The quantitative estimate of drug-likeness (QED) is 0.155. The van der Waals surface area contributed by atoms with Crippen molar-refractivity contribution in [3.63, 3.8) is 0 Å². The fraction of sp³-hybridized carbons (Fsp3) is 0.382. The Morgan fingerprint density at radius 1 is 1.02 bits per heavy atom. The highest BCUT2D eigenvalue weighted by Crippen LogP contribution is 2.52. The molecule has 1 saturated heterocycles. The summed E-state index contributed by atoms with van der Waals surface area (Å²) in [7, 11) is 1.33. The molecular weight excluding hydrogens is 598 g/mol. The van der Waals surface area contributed by atoms with Crippen LogP contribution in [0.1, 0.15) is 74.4 Å². The highest BCUT2D eigenvalue weighted by molar-refractivity contribution is 6.31. The molecule has 1 aliphatic heterocycles. The molecule has 12 nitrogen and oxygen atoms in total. The van der Waals surface area contributed by atoms with Gasteiger partial charge in [-0.15, -0.1) is 0 Å². The summed E-state index contributed by atoms with van der Waals surface area (Å²) in [6.45, 7) is 1.09. The maximum atomic E-state index is 13.8. The second-order valence-corrected chi connectivity index (χ2v) is 12.0. The van der Waals surface area contributed by atoms with Gasteiger partial charge < -0.3 is 45.1 Å². The van der Waals surface area contributed by atoms with Crippen LogP contribution in [0.25, 0.3) is 0 Å². The number of phenols is 2. The van der Waals surface area contributed by atoms with Gasteiger partial charge in [-0.25, -0.2) is 0 Å². The molecule has 46 heavy (non-hydrogen) atoms. The Balaban J connectivity index is 1.40. The van der Waals surface area contributed by atoms with Crippen LogP contribution in [0.2, 0.25) is 0 Å². The molecule has 0 radical (unpaired) electrons. The smallest absolute Gasteiger partial charge is 0.202 e. The summed E-state index contributed by atoms with van der Waals surface area (Å²) in [4.78, 5) is 40.3. The lowest BCUT2D eigenvalue weighted by Crippen LogP contribution is -2.54. The predicted octanol–water partition coefficient (Wildman–Crippen LogP) is 1.83. The molecule has 3 aromatic carbocycles. The molecule has 6 rings (SSSR count). The number of aliphatic hydroxyl groups is 3. The van der Waals surface area contributed by atoms with Gasteiger partial charge in [-0.1, -0.05) is 42.5 Å². The van der Waals surface area contributed by atoms with Crippen molar-refractivity contribution in [1.29, 1.82) is 0 Å². The summed E-state index contributed by atoms with van der Waals surface area (Å²) >= 11 is 0. The standard InChI is InChI=1S/C34H35NO11/c1-16-29(38)20(35-14-17-7-4-3-5-8-17)11-24(45-16)46-22-13-34(43,23(37)15-36)12-19-26(22)33(42)28-27(31(19)40)30(39)18-9-6-10-21(44-2)25(18)32(28)41/h3-10,16,20,22,24,29,35-36,38,40,42-43H,11-15H2,1-2H3. The van der Waals surface area contributed by atoms with Crippen molar-refractivity contribution < 1.29 is 54.1 Å². The van der Waals surface area contributed by atoms with Gasteiger partial charge in [0.25, 0.3) is 0 Å². The van der Waals surface area contributed by atoms with Crippen LogP contribution in [0.15, 0.2) is 48.5 Å². The number of Topliss-reactive ketones (excluding diaryl/α,β-unsaturated/α-hetero) is 1. The SMILES string of the molecule is COc1cccc2c1C(=O)c1c(O)c3c(c(O)c1C2=O)CC(O)(C(=O)CO)CC3OC1CC(NCc2ccccc2)C(O)C(C)O1. The van der Waals surface area contributed by atoms with Crippen molar-refractivity contribution in [2.24, 2.45) is 0 Å². The van der Waals surface area contributed by atoms with Gasteiger partial charge in [0.1, 0.15) is 29.5 Å². The van der Waals surface area contributed by atoms with Crippen LogP contribution < -0.4 is 10.1 Å². The topological polar surface area (TPSA) is 192 Å². The third kappa shape index (κ3) is 5.26. The fourth-order valence-corrected chi connectivity index (χ4v) is 6.76. The number of methoxy groups -OCH3 is 1. The number of benzene rings is 3. The number of aliphatic hydroxyl groups excluding tert-OH is 2. The maximum Gasteiger partial charge on any atom is 0.202 e. The average molecular weight is 634 g/mol. The van der Waals surface area contributed by atoms with Crippen molar-refractivity contribution in [3.05, 3.63) is 87.5 Å². The first kappa shape index (κ1) is 31.8. The molecule has 6 N–H and O–H groups in total. The van der Waals surface area contributed by atoms with Crippen LogP contribution in [-0.4, -0.2) is 86.7 Å². The Morgan fingerprint density at radius 3 is 2.43 bits per heavy atom. The number of fused-ring (bicyclic) bond motifs is 3. The molecule has 12 heteroatoms. The number of aromatic hydroxyl groups is 2. The molecule has 6 unspecified atom stereocenters. The molecule has 3 aromatic rings. The van der Waals surface area contributed by atoms with Crippen LogP contribution >= 0.6 is 0 Å². The van der Waals surface area contributed by atoms with E-state index >= 15 is 0 Å². The van der Waals surface area contributed by atoms with E-state index in [0.717, 1.165) is 5.56 Å². The molecular formula is C34H35NO11. The molecule has 0 aromatic heterocycles. The molecule has 0 bridgehead atoms. The zero-order chi connectivity index (χ0) is 32.9. The van der Waals surface area contributed by atoms with E-state index in [2.05, 4.69) is 5.32 Å². The minimum Gasteiger partial charge on any atom is -0.507 e. The Bertz CT molecular complexity index is 1710. The molecule has 1 fully saturated rings. The van der Waals surface area contributed by atoms with Crippen LogP contribution in [0.4, 0.5) is 0 Å². The zero-order valence-corrected chi connectivity index (χ0v) is 25.2. The van der Waals surface area contributed by atoms with E-state index < -0.39 is 95.7 Å². The van der Waals surface area contributed by atoms with Crippen molar-refractivity contribution in [1.82, 2.24) is 5.32 Å². The summed E-state index contributed by atoms with van der Waals surface area (Å²) in [5.41, 5.74) is -2.59. The van der Waals surface area contributed by atoms with E-state index in [9.17, 15) is 39.9 Å². The summed E-state index contributed by atoms with van der Waals surface area (Å²) in [6.07, 6.45) is -4.90. The lowest BCUT2D eigenvalue weighted by atomic mass is 9.72. The minimum atomic E-state index is -2.25. The van der Waals surface area contributed by atoms with Crippen molar-refractivity contribution >= 4 is 17.3 Å². The van der Waals surface area contributed by atoms with Crippen LogP contribution in [0.5, 0.6) is 17.2 Å². The Labute approximate surface area is 264 Å². The summed E-state index contributed by atoms with van der Waals surface area (Å²) in [6, 6.07) is 13.5. The molecule has 3 aliphatic rings.